The number of rotatable bonds is 2. The van der Waals surface area contributed by atoms with Crippen molar-refractivity contribution in [3.63, 3.8) is 0 Å². The standard InChI is InChI=1S/C14H15FN2/c15-13-3-1-11(2-4-13)10-17-8-6-12-9-16-7-5-14(12)17/h1-4,6,8,16H,5,7,9-10H2. The van der Waals surface area contributed by atoms with Crippen molar-refractivity contribution in [1.29, 1.82) is 0 Å². The molecule has 0 radical (unpaired) electrons. The topological polar surface area (TPSA) is 17.0 Å². The molecule has 88 valence electrons. The van der Waals surface area contributed by atoms with Crippen LogP contribution in [0.4, 0.5) is 4.39 Å². The summed E-state index contributed by atoms with van der Waals surface area (Å²) >= 11 is 0. The molecule has 0 fully saturated rings. The van der Waals surface area contributed by atoms with Gasteiger partial charge < -0.3 is 9.88 Å². The monoisotopic (exact) mass is 230 g/mol. The Morgan fingerprint density at radius 2 is 2.00 bits per heavy atom. The largest absolute Gasteiger partial charge is 0.347 e. The third-order valence-corrected chi connectivity index (χ3v) is 3.29. The average Bonchev–Trinajstić information content (AvgIpc) is 2.76. The van der Waals surface area contributed by atoms with Crippen molar-refractivity contribution in [2.24, 2.45) is 0 Å². The summed E-state index contributed by atoms with van der Waals surface area (Å²) in [6, 6.07) is 8.91. The Morgan fingerprint density at radius 3 is 2.82 bits per heavy atom. The number of hydrogen-bond donors (Lipinski definition) is 1. The van der Waals surface area contributed by atoms with Crippen molar-refractivity contribution in [2.45, 2.75) is 19.5 Å². The number of halogens is 1. The maximum atomic E-state index is 12.8. The van der Waals surface area contributed by atoms with Gasteiger partial charge in [0.1, 0.15) is 5.82 Å². The predicted molar refractivity (Wildman–Crippen MR) is 65.3 cm³/mol. The van der Waals surface area contributed by atoms with Crippen LogP contribution in [0.25, 0.3) is 0 Å². The van der Waals surface area contributed by atoms with Crippen LogP contribution in [0, 0.1) is 5.82 Å². The predicted octanol–water partition coefficient (Wildman–Crippen LogP) is 2.32. The highest BCUT2D eigenvalue weighted by Gasteiger charge is 2.12. The van der Waals surface area contributed by atoms with Crippen LogP contribution < -0.4 is 5.32 Å². The highest BCUT2D eigenvalue weighted by atomic mass is 19.1. The minimum Gasteiger partial charge on any atom is -0.347 e. The van der Waals surface area contributed by atoms with E-state index in [-0.39, 0.29) is 5.82 Å². The van der Waals surface area contributed by atoms with Gasteiger partial charge in [0.25, 0.3) is 0 Å². The number of aromatic nitrogens is 1. The Bertz CT molecular complexity index is 514. The smallest absolute Gasteiger partial charge is 0.123 e. The highest BCUT2D eigenvalue weighted by molar-refractivity contribution is 5.26. The fraction of sp³-hybridized carbons (Fsp3) is 0.286. The molecule has 0 saturated carbocycles. The molecule has 2 aromatic rings. The Morgan fingerprint density at radius 1 is 1.18 bits per heavy atom. The molecule has 3 heteroatoms. The normalized spacial score (nSPS) is 14.6. The lowest BCUT2D eigenvalue weighted by atomic mass is 10.1. The minimum absolute atomic E-state index is 0.174. The summed E-state index contributed by atoms with van der Waals surface area (Å²) in [5.74, 6) is -0.174. The summed E-state index contributed by atoms with van der Waals surface area (Å²) in [5.41, 5.74) is 3.94. The first-order valence-electron chi connectivity index (χ1n) is 5.95. The van der Waals surface area contributed by atoms with Gasteiger partial charge >= 0.3 is 0 Å². The molecule has 0 unspecified atom stereocenters. The van der Waals surface area contributed by atoms with E-state index in [9.17, 15) is 4.39 Å². The molecule has 0 bridgehead atoms. The number of nitrogens with one attached hydrogen (secondary N) is 1. The maximum absolute atomic E-state index is 12.8. The number of fused-ring (bicyclic) bond motifs is 1. The van der Waals surface area contributed by atoms with Crippen LogP contribution in [0.15, 0.2) is 36.5 Å². The van der Waals surface area contributed by atoms with Gasteiger partial charge in [-0.2, -0.15) is 0 Å². The Balaban J connectivity index is 1.85. The van der Waals surface area contributed by atoms with Crippen LogP contribution in [-0.2, 0) is 19.5 Å². The molecule has 2 nitrogen and oxygen atoms in total. The van der Waals surface area contributed by atoms with Crippen LogP contribution in [0.2, 0.25) is 0 Å². The molecule has 1 aromatic carbocycles. The van der Waals surface area contributed by atoms with Crippen molar-refractivity contribution in [3.05, 3.63) is 59.2 Å². The van der Waals surface area contributed by atoms with Gasteiger partial charge in [0.15, 0.2) is 0 Å². The molecular weight excluding hydrogens is 215 g/mol. The Hall–Kier alpha value is -1.61. The van der Waals surface area contributed by atoms with E-state index in [0.717, 1.165) is 31.6 Å². The molecule has 0 atom stereocenters. The van der Waals surface area contributed by atoms with Gasteiger partial charge in [-0.05, 0) is 29.3 Å². The van der Waals surface area contributed by atoms with Gasteiger partial charge in [0.05, 0.1) is 0 Å². The zero-order valence-electron chi connectivity index (χ0n) is 9.62. The average molecular weight is 230 g/mol. The number of benzene rings is 1. The van der Waals surface area contributed by atoms with E-state index in [1.807, 2.05) is 12.1 Å². The summed E-state index contributed by atoms with van der Waals surface area (Å²) in [7, 11) is 0. The van der Waals surface area contributed by atoms with Gasteiger partial charge in [0, 0.05) is 37.9 Å². The van der Waals surface area contributed by atoms with Crippen molar-refractivity contribution in [2.75, 3.05) is 6.54 Å². The molecule has 0 saturated heterocycles. The SMILES string of the molecule is Fc1ccc(Cn2ccc3c2CCNC3)cc1. The molecular formula is C14H15FN2. The molecule has 2 heterocycles. The van der Waals surface area contributed by atoms with E-state index in [1.165, 1.54) is 23.4 Å². The van der Waals surface area contributed by atoms with Crippen molar-refractivity contribution >= 4 is 0 Å². The van der Waals surface area contributed by atoms with Gasteiger partial charge in [0.2, 0.25) is 0 Å². The summed E-state index contributed by atoms with van der Waals surface area (Å²) in [4.78, 5) is 0. The second-order valence-electron chi connectivity index (χ2n) is 4.47. The van der Waals surface area contributed by atoms with E-state index in [4.69, 9.17) is 0 Å². The lowest BCUT2D eigenvalue weighted by molar-refractivity contribution is 0.605. The Kier molecular flexibility index (Phi) is 2.69. The van der Waals surface area contributed by atoms with E-state index < -0.39 is 0 Å². The first-order chi connectivity index (χ1) is 8.33. The third-order valence-electron chi connectivity index (χ3n) is 3.29. The fourth-order valence-electron chi connectivity index (χ4n) is 2.38. The molecule has 3 rings (SSSR count). The van der Waals surface area contributed by atoms with Gasteiger partial charge in [-0.15, -0.1) is 0 Å². The maximum Gasteiger partial charge on any atom is 0.123 e. The van der Waals surface area contributed by atoms with Crippen LogP contribution in [0.3, 0.4) is 0 Å². The quantitative estimate of drug-likeness (QED) is 0.837. The minimum atomic E-state index is -0.174. The number of hydrogen-bond acceptors (Lipinski definition) is 1. The van der Waals surface area contributed by atoms with Crippen LogP contribution in [0.1, 0.15) is 16.8 Å². The summed E-state index contributed by atoms with van der Waals surface area (Å²) in [6.45, 7) is 2.84. The van der Waals surface area contributed by atoms with Gasteiger partial charge in [-0.25, -0.2) is 4.39 Å². The summed E-state index contributed by atoms with van der Waals surface area (Å²) in [5, 5.41) is 3.36. The highest BCUT2D eigenvalue weighted by Crippen LogP contribution is 2.17. The van der Waals surface area contributed by atoms with E-state index in [0.29, 0.717) is 0 Å². The van der Waals surface area contributed by atoms with Crippen LogP contribution in [-0.4, -0.2) is 11.1 Å². The molecule has 0 amide bonds. The van der Waals surface area contributed by atoms with E-state index in [2.05, 4.69) is 22.1 Å². The molecule has 0 spiro atoms. The van der Waals surface area contributed by atoms with E-state index in [1.54, 1.807) is 0 Å². The van der Waals surface area contributed by atoms with Crippen molar-refractivity contribution in [1.82, 2.24) is 9.88 Å². The molecule has 0 aliphatic carbocycles. The second kappa shape index (κ2) is 4.34. The fourth-order valence-corrected chi connectivity index (χ4v) is 2.38. The molecule has 1 aliphatic rings. The molecule has 1 N–H and O–H groups in total. The van der Waals surface area contributed by atoms with Gasteiger partial charge in [-0.1, -0.05) is 12.1 Å². The van der Waals surface area contributed by atoms with Gasteiger partial charge in [-0.3, -0.25) is 0 Å². The van der Waals surface area contributed by atoms with Crippen molar-refractivity contribution < 1.29 is 4.39 Å². The molecule has 1 aromatic heterocycles. The molecule has 17 heavy (non-hydrogen) atoms. The van der Waals surface area contributed by atoms with E-state index >= 15 is 0 Å². The lowest BCUT2D eigenvalue weighted by Crippen LogP contribution is -2.24. The zero-order valence-corrected chi connectivity index (χ0v) is 9.62. The zero-order chi connectivity index (χ0) is 11.7. The van der Waals surface area contributed by atoms with Crippen molar-refractivity contribution in [3.8, 4) is 0 Å². The first kappa shape index (κ1) is 10.5. The summed E-state index contributed by atoms with van der Waals surface area (Å²) in [6.07, 6.45) is 3.20. The first-order valence-corrected chi connectivity index (χ1v) is 5.95. The lowest BCUT2D eigenvalue weighted by Gasteiger charge is -2.16. The molecule has 1 aliphatic heterocycles. The summed E-state index contributed by atoms with van der Waals surface area (Å²) < 4.78 is 15.1. The third kappa shape index (κ3) is 2.11. The Labute approximate surface area is 100 Å². The van der Waals surface area contributed by atoms with Crippen LogP contribution in [0.5, 0.6) is 0 Å². The second-order valence-corrected chi connectivity index (χ2v) is 4.47. The van der Waals surface area contributed by atoms with Crippen LogP contribution >= 0.6 is 0 Å². The number of nitrogens with zero attached hydrogens (tertiary/aromatic N) is 1.